The summed E-state index contributed by atoms with van der Waals surface area (Å²) < 4.78 is 0. The van der Waals surface area contributed by atoms with Crippen molar-refractivity contribution in [2.24, 2.45) is 11.7 Å². The summed E-state index contributed by atoms with van der Waals surface area (Å²) in [6, 6.07) is 13.4. The van der Waals surface area contributed by atoms with Crippen molar-refractivity contribution in [1.82, 2.24) is 34.9 Å². The van der Waals surface area contributed by atoms with Gasteiger partial charge in [0.2, 0.25) is 11.8 Å². The van der Waals surface area contributed by atoms with Gasteiger partial charge in [0, 0.05) is 69.7 Å². The van der Waals surface area contributed by atoms with Crippen LogP contribution in [-0.2, 0) is 9.59 Å². The number of amides is 7. The molecule has 4 N–H and O–H groups in total. The van der Waals surface area contributed by atoms with E-state index in [-0.39, 0.29) is 30.6 Å². The molecule has 1 saturated carbocycles. The van der Waals surface area contributed by atoms with Crippen molar-refractivity contribution in [3.63, 3.8) is 0 Å². The number of fused-ring (bicyclic) bond motifs is 1. The van der Waals surface area contributed by atoms with Crippen LogP contribution in [0.1, 0.15) is 113 Å². The molecule has 0 bridgehead atoms. The number of primary amides is 1. The Kier molecular flexibility index (Phi) is 11.4. The molecule has 1 aromatic heterocycles. The molecule has 2 aromatic carbocycles. The van der Waals surface area contributed by atoms with Gasteiger partial charge >= 0.3 is 6.03 Å². The molecule has 0 radical (unpaired) electrons. The molecule has 3 unspecified atom stereocenters. The maximum absolute atomic E-state index is 13.5. The third-order valence-corrected chi connectivity index (χ3v) is 14.8. The van der Waals surface area contributed by atoms with Crippen LogP contribution in [0.3, 0.4) is 0 Å². The Hall–Kier alpha value is -6.10. The highest BCUT2D eigenvalue weighted by molar-refractivity contribution is 6.23. The van der Waals surface area contributed by atoms with Crippen molar-refractivity contribution in [3.05, 3.63) is 71.0 Å². The number of aromatic nitrogens is 2. The average molecular weight is 872 g/mol. The van der Waals surface area contributed by atoms with E-state index in [1.807, 2.05) is 18.2 Å². The number of hydrogen-bond acceptors (Lipinski definition) is 12. The zero-order chi connectivity index (χ0) is 44.1. The minimum absolute atomic E-state index is 0.0818. The number of likely N-dealkylation sites (tertiary alicyclic amines) is 1. The van der Waals surface area contributed by atoms with Crippen LogP contribution in [0.2, 0.25) is 0 Å². The van der Waals surface area contributed by atoms with Gasteiger partial charge in [0.05, 0.1) is 23.4 Å². The summed E-state index contributed by atoms with van der Waals surface area (Å²) >= 11 is 0. The molecule has 17 heteroatoms. The van der Waals surface area contributed by atoms with Gasteiger partial charge in [-0.25, -0.2) is 14.8 Å². The predicted molar refractivity (Wildman–Crippen MR) is 238 cm³/mol. The van der Waals surface area contributed by atoms with Crippen LogP contribution >= 0.6 is 0 Å². The number of nitrogens with one attached hydrogen (secondary N) is 2. The van der Waals surface area contributed by atoms with Crippen LogP contribution in [-0.4, -0.2) is 142 Å². The second-order valence-electron chi connectivity index (χ2n) is 18.7. The van der Waals surface area contributed by atoms with Crippen molar-refractivity contribution >= 4 is 58.6 Å². The first kappa shape index (κ1) is 41.9. The van der Waals surface area contributed by atoms with E-state index in [0.717, 1.165) is 114 Å². The molecule has 64 heavy (non-hydrogen) atoms. The first-order chi connectivity index (χ1) is 31.1. The minimum atomic E-state index is -0.977. The summed E-state index contributed by atoms with van der Waals surface area (Å²) in [7, 11) is 0. The number of hydrogen-bond donors (Lipinski definition) is 3. The van der Waals surface area contributed by atoms with E-state index in [4.69, 9.17) is 10.7 Å². The number of urea groups is 1. The standard InChI is InChI=1S/C47H57N11O6/c48-42(60)41-43(51-39(25-49-41)55-18-3-6-35(28-55)57-23-22-56(47(57)64)33-4-1-2-5-33)50-32-9-7-30(8-10-32)31-16-19-53(20-17-31)26-29-15-21-54(27-29)34-11-12-36-37(24-34)46(63)58(45(36)62)38-13-14-40(59)52-44(38)61/h7-12,24-25,29,31,33,35,38H,1-6,13-23,26-28H2,(H2,48,60)(H,50,51)(H,52,59,61). The Morgan fingerprint density at radius 3 is 2.23 bits per heavy atom. The lowest BCUT2D eigenvalue weighted by atomic mass is 9.89. The van der Waals surface area contributed by atoms with Crippen molar-refractivity contribution < 1.29 is 28.8 Å². The molecule has 7 aliphatic rings. The van der Waals surface area contributed by atoms with Gasteiger partial charge in [0.25, 0.3) is 17.7 Å². The largest absolute Gasteiger partial charge is 0.371 e. The fourth-order valence-corrected chi connectivity index (χ4v) is 11.3. The normalized spacial score (nSPS) is 24.9. The van der Waals surface area contributed by atoms with Crippen LogP contribution in [0.5, 0.6) is 0 Å². The molecule has 5 saturated heterocycles. The number of benzene rings is 2. The third-order valence-electron chi connectivity index (χ3n) is 14.8. The average Bonchev–Trinajstić information content (AvgIpc) is 4.13. The molecule has 7 heterocycles. The molecule has 7 amide bonds. The minimum Gasteiger partial charge on any atom is -0.371 e. The lowest BCUT2D eigenvalue weighted by Gasteiger charge is -2.38. The van der Waals surface area contributed by atoms with Gasteiger partial charge in [-0.1, -0.05) is 25.0 Å². The maximum atomic E-state index is 13.5. The summed E-state index contributed by atoms with van der Waals surface area (Å²) in [6.45, 7) is 7.72. The Morgan fingerprint density at radius 1 is 0.750 bits per heavy atom. The van der Waals surface area contributed by atoms with Crippen LogP contribution < -0.4 is 26.2 Å². The van der Waals surface area contributed by atoms with Crippen molar-refractivity contribution in [2.75, 3.05) is 74.0 Å². The Balaban J connectivity index is 0.714. The fraction of sp³-hybridized carbons (Fsp3) is 0.532. The SMILES string of the molecule is NC(=O)c1ncc(N2CCCC(N3CCN(C4CCCC4)C3=O)C2)nc1Nc1ccc(C2CCN(CC3CCN(c4ccc5c(c4)C(=O)N(C4CCC(=O)NC4=O)C5=O)C3)CC2)cc1. The van der Waals surface area contributed by atoms with Crippen LogP contribution in [0.15, 0.2) is 48.7 Å². The molecule has 6 aliphatic heterocycles. The number of carbonyl (C=O) groups excluding carboxylic acids is 6. The summed E-state index contributed by atoms with van der Waals surface area (Å²) in [5.74, 6) is -0.751. The number of anilines is 4. The number of imide groups is 2. The molecule has 336 valence electrons. The summed E-state index contributed by atoms with van der Waals surface area (Å²) in [4.78, 5) is 98.2. The van der Waals surface area contributed by atoms with Gasteiger partial charge in [0.15, 0.2) is 11.5 Å². The van der Waals surface area contributed by atoms with Crippen molar-refractivity contribution in [2.45, 2.75) is 94.7 Å². The van der Waals surface area contributed by atoms with Gasteiger partial charge in [-0.05, 0) is 112 Å². The molecule has 17 nitrogen and oxygen atoms in total. The fourth-order valence-electron chi connectivity index (χ4n) is 11.3. The van der Waals surface area contributed by atoms with E-state index in [1.54, 1.807) is 18.3 Å². The van der Waals surface area contributed by atoms with E-state index < -0.39 is 35.6 Å². The van der Waals surface area contributed by atoms with Gasteiger partial charge < -0.3 is 35.6 Å². The maximum Gasteiger partial charge on any atom is 0.320 e. The van der Waals surface area contributed by atoms with Gasteiger partial charge in [-0.3, -0.25) is 34.2 Å². The summed E-state index contributed by atoms with van der Waals surface area (Å²) in [6.07, 6.45) is 11.5. The van der Waals surface area contributed by atoms with Gasteiger partial charge in [-0.15, -0.1) is 0 Å². The highest BCUT2D eigenvalue weighted by Gasteiger charge is 2.45. The number of rotatable bonds is 11. The van der Waals surface area contributed by atoms with Crippen LogP contribution in [0.25, 0.3) is 0 Å². The summed E-state index contributed by atoms with van der Waals surface area (Å²) in [5, 5.41) is 5.58. The lowest BCUT2D eigenvalue weighted by molar-refractivity contribution is -0.136. The number of nitrogens with two attached hydrogens (primary N) is 1. The number of piperidine rings is 3. The lowest BCUT2D eigenvalue weighted by Crippen LogP contribution is -2.54. The van der Waals surface area contributed by atoms with E-state index in [0.29, 0.717) is 47.2 Å². The molecule has 3 aromatic rings. The zero-order valence-electron chi connectivity index (χ0n) is 36.3. The van der Waals surface area contributed by atoms with E-state index in [2.05, 4.69) is 52.2 Å². The third kappa shape index (κ3) is 8.14. The van der Waals surface area contributed by atoms with Gasteiger partial charge in [0.1, 0.15) is 11.9 Å². The second-order valence-corrected chi connectivity index (χ2v) is 18.7. The Morgan fingerprint density at radius 2 is 1.48 bits per heavy atom. The predicted octanol–water partition coefficient (Wildman–Crippen LogP) is 4.08. The number of carbonyl (C=O) groups is 6. The van der Waals surface area contributed by atoms with E-state index in [9.17, 15) is 28.8 Å². The van der Waals surface area contributed by atoms with Crippen LogP contribution in [0.4, 0.5) is 27.8 Å². The second kappa shape index (κ2) is 17.5. The molecule has 0 spiro atoms. The first-order valence-electron chi connectivity index (χ1n) is 23.3. The monoisotopic (exact) mass is 871 g/mol. The van der Waals surface area contributed by atoms with Crippen molar-refractivity contribution in [3.8, 4) is 0 Å². The quantitative estimate of drug-likeness (QED) is 0.234. The van der Waals surface area contributed by atoms with E-state index >= 15 is 0 Å². The highest BCUT2D eigenvalue weighted by atomic mass is 16.2. The molecule has 3 atom stereocenters. The number of nitrogens with zero attached hydrogens (tertiary/aromatic N) is 8. The Labute approximate surface area is 372 Å². The zero-order valence-corrected chi connectivity index (χ0v) is 36.3. The molecule has 10 rings (SSSR count). The smallest absolute Gasteiger partial charge is 0.320 e. The molecule has 6 fully saturated rings. The first-order valence-corrected chi connectivity index (χ1v) is 23.3. The Bertz CT molecular complexity index is 2340. The van der Waals surface area contributed by atoms with Crippen molar-refractivity contribution in [1.29, 1.82) is 0 Å². The molecular weight excluding hydrogens is 815 g/mol. The summed E-state index contributed by atoms with van der Waals surface area (Å²) in [5.41, 5.74) is 9.41. The van der Waals surface area contributed by atoms with Crippen LogP contribution in [0, 0.1) is 5.92 Å². The molecular formula is C47H57N11O6. The van der Waals surface area contributed by atoms with Gasteiger partial charge in [-0.2, -0.15) is 0 Å². The van der Waals surface area contributed by atoms with E-state index in [1.165, 1.54) is 18.4 Å². The highest BCUT2D eigenvalue weighted by Crippen LogP contribution is 2.35. The molecule has 1 aliphatic carbocycles. The topological polar surface area (TPSA) is 198 Å².